The summed E-state index contributed by atoms with van der Waals surface area (Å²) in [6.45, 7) is 0. The molecule has 90 valence electrons. The minimum absolute atomic E-state index is 0.336. The molecule has 1 aromatic heterocycles. The molecule has 1 heterocycles. The molecule has 0 atom stereocenters. The number of hydrogen-bond acceptors (Lipinski definition) is 2. The molecule has 0 aromatic carbocycles. The number of nitrogens with zero attached hydrogens (tertiary/aromatic N) is 1. The van der Waals surface area contributed by atoms with Gasteiger partial charge in [-0.3, -0.25) is 4.79 Å². The van der Waals surface area contributed by atoms with Gasteiger partial charge in [-0.2, -0.15) is 0 Å². The number of aldehydes is 1. The van der Waals surface area contributed by atoms with Gasteiger partial charge in [0.25, 0.3) is 0 Å². The Morgan fingerprint density at radius 1 is 1.18 bits per heavy atom. The second-order valence-electron chi connectivity index (χ2n) is 6.50. The Labute approximate surface area is 101 Å². The summed E-state index contributed by atoms with van der Waals surface area (Å²) in [6.07, 6.45) is 11.1. The molecule has 4 saturated carbocycles. The maximum Gasteiger partial charge on any atom is 0.185 e. The zero-order chi connectivity index (χ0) is 11.5. The van der Waals surface area contributed by atoms with Crippen molar-refractivity contribution in [1.82, 2.24) is 9.97 Å². The van der Waals surface area contributed by atoms with Crippen LogP contribution < -0.4 is 0 Å². The fraction of sp³-hybridized carbons (Fsp3) is 0.714. The van der Waals surface area contributed by atoms with Crippen LogP contribution in [-0.2, 0) is 5.41 Å². The molecule has 0 spiro atoms. The quantitative estimate of drug-likeness (QED) is 0.794. The van der Waals surface area contributed by atoms with Gasteiger partial charge in [0.15, 0.2) is 12.1 Å². The number of nitrogens with one attached hydrogen (secondary N) is 1. The van der Waals surface area contributed by atoms with Crippen LogP contribution in [0.2, 0.25) is 0 Å². The van der Waals surface area contributed by atoms with Crippen molar-refractivity contribution in [2.45, 2.75) is 43.9 Å². The summed E-state index contributed by atoms with van der Waals surface area (Å²) in [7, 11) is 0. The van der Waals surface area contributed by atoms with Crippen LogP contribution in [0, 0.1) is 17.8 Å². The Morgan fingerprint density at radius 3 is 2.24 bits per heavy atom. The van der Waals surface area contributed by atoms with Gasteiger partial charge in [-0.1, -0.05) is 0 Å². The number of hydrogen-bond donors (Lipinski definition) is 1. The SMILES string of the molecule is O=Cc1ncc(C23CC4CC(CC(C4)C2)C3)[nH]1. The number of imidazole rings is 1. The van der Waals surface area contributed by atoms with Gasteiger partial charge in [0.1, 0.15) is 0 Å². The number of aromatic nitrogens is 2. The van der Waals surface area contributed by atoms with Crippen molar-refractivity contribution in [1.29, 1.82) is 0 Å². The number of rotatable bonds is 2. The summed E-state index contributed by atoms with van der Waals surface area (Å²) in [6, 6.07) is 0. The summed E-state index contributed by atoms with van der Waals surface area (Å²) in [5.41, 5.74) is 1.57. The van der Waals surface area contributed by atoms with Crippen LogP contribution in [-0.4, -0.2) is 16.3 Å². The molecule has 4 fully saturated rings. The molecule has 0 saturated heterocycles. The van der Waals surface area contributed by atoms with Crippen LogP contribution in [0.5, 0.6) is 0 Å². The van der Waals surface area contributed by atoms with E-state index in [4.69, 9.17) is 0 Å². The molecule has 4 bridgehead atoms. The van der Waals surface area contributed by atoms with Crippen molar-refractivity contribution in [3.8, 4) is 0 Å². The summed E-state index contributed by atoms with van der Waals surface area (Å²) in [4.78, 5) is 18.2. The van der Waals surface area contributed by atoms with Gasteiger partial charge < -0.3 is 4.98 Å². The molecule has 4 aliphatic rings. The van der Waals surface area contributed by atoms with E-state index in [0.29, 0.717) is 11.2 Å². The number of carbonyl (C=O) groups is 1. The highest BCUT2D eigenvalue weighted by atomic mass is 16.1. The lowest BCUT2D eigenvalue weighted by atomic mass is 9.49. The Balaban J connectivity index is 1.74. The highest BCUT2D eigenvalue weighted by Crippen LogP contribution is 2.60. The lowest BCUT2D eigenvalue weighted by molar-refractivity contribution is -0.00703. The predicted molar refractivity (Wildman–Crippen MR) is 63.8 cm³/mol. The first kappa shape index (κ1) is 9.86. The first-order chi connectivity index (χ1) is 8.27. The topological polar surface area (TPSA) is 45.8 Å². The van der Waals surface area contributed by atoms with Gasteiger partial charge in [0.2, 0.25) is 0 Å². The zero-order valence-corrected chi connectivity index (χ0v) is 9.98. The van der Waals surface area contributed by atoms with Gasteiger partial charge in [-0.05, 0) is 56.3 Å². The predicted octanol–water partition coefficient (Wildman–Crippen LogP) is 2.69. The van der Waals surface area contributed by atoms with Crippen LogP contribution in [0.3, 0.4) is 0 Å². The average molecular weight is 230 g/mol. The third-order valence-electron chi connectivity index (χ3n) is 5.32. The van der Waals surface area contributed by atoms with E-state index in [1.807, 2.05) is 6.20 Å². The fourth-order valence-corrected chi connectivity index (χ4v) is 5.11. The molecule has 5 rings (SSSR count). The third-order valence-corrected chi connectivity index (χ3v) is 5.32. The van der Waals surface area contributed by atoms with E-state index in [-0.39, 0.29) is 0 Å². The number of aromatic amines is 1. The van der Waals surface area contributed by atoms with Crippen LogP contribution in [0.4, 0.5) is 0 Å². The first-order valence-electron chi connectivity index (χ1n) is 6.78. The van der Waals surface area contributed by atoms with Crippen LogP contribution >= 0.6 is 0 Å². The van der Waals surface area contributed by atoms with Crippen LogP contribution in [0.1, 0.15) is 54.8 Å². The second-order valence-corrected chi connectivity index (χ2v) is 6.50. The highest BCUT2D eigenvalue weighted by Gasteiger charge is 2.52. The van der Waals surface area contributed by atoms with Crippen molar-refractivity contribution in [2.24, 2.45) is 17.8 Å². The van der Waals surface area contributed by atoms with Crippen molar-refractivity contribution >= 4 is 6.29 Å². The van der Waals surface area contributed by atoms with E-state index in [1.165, 1.54) is 44.2 Å². The Morgan fingerprint density at radius 2 is 1.76 bits per heavy atom. The Bertz CT molecular complexity index is 427. The van der Waals surface area contributed by atoms with Crippen LogP contribution in [0.25, 0.3) is 0 Å². The molecule has 1 aromatic rings. The average Bonchev–Trinajstić information content (AvgIpc) is 2.76. The van der Waals surface area contributed by atoms with E-state index in [1.54, 1.807) is 0 Å². The van der Waals surface area contributed by atoms with Gasteiger partial charge in [0, 0.05) is 17.3 Å². The largest absolute Gasteiger partial charge is 0.339 e. The molecule has 17 heavy (non-hydrogen) atoms. The molecule has 0 amide bonds. The minimum Gasteiger partial charge on any atom is -0.339 e. The lowest BCUT2D eigenvalue weighted by Crippen LogP contribution is -2.48. The standard InChI is InChI=1S/C14H18N2O/c17-8-13-15-7-12(16-13)14-4-9-1-10(5-14)3-11(2-9)6-14/h7-11H,1-6H2,(H,15,16). The smallest absolute Gasteiger partial charge is 0.185 e. The lowest BCUT2D eigenvalue weighted by Gasteiger charge is -2.56. The number of H-pyrrole nitrogens is 1. The third kappa shape index (κ3) is 1.34. The van der Waals surface area contributed by atoms with E-state index in [9.17, 15) is 4.79 Å². The molecule has 1 N–H and O–H groups in total. The summed E-state index contributed by atoms with van der Waals surface area (Å²) >= 11 is 0. The maximum absolute atomic E-state index is 10.8. The monoisotopic (exact) mass is 230 g/mol. The van der Waals surface area contributed by atoms with Crippen molar-refractivity contribution in [2.75, 3.05) is 0 Å². The molecule has 4 aliphatic carbocycles. The maximum atomic E-state index is 10.8. The van der Waals surface area contributed by atoms with E-state index < -0.39 is 0 Å². The normalized spacial score (nSPS) is 42.9. The minimum atomic E-state index is 0.336. The molecule has 3 heteroatoms. The summed E-state index contributed by atoms with van der Waals surface area (Å²) < 4.78 is 0. The second kappa shape index (κ2) is 3.21. The van der Waals surface area contributed by atoms with E-state index >= 15 is 0 Å². The fourth-order valence-electron chi connectivity index (χ4n) is 5.11. The molecular weight excluding hydrogens is 212 g/mol. The van der Waals surface area contributed by atoms with Crippen LogP contribution in [0.15, 0.2) is 6.20 Å². The van der Waals surface area contributed by atoms with E-state index in [2.05, 4.69) is 9.97 Å². The molecule has 0 unspecified atom stereocenters. The Kier molecular flexibility index (Phi) is 1.86. The highest BCUT2D eigenvalue weighted by molar-refractivity contribution is 5.68. The van der Waals surface area contributed by atoms with Gasteiger partial charge in [0.05, 0.1) is 0 Å². The first-order valence-corrected chi connectivity index (χ1v) is 6.78. The van der Waals surface area contributed by atoms with Crippen molar-refractivity contribution in [3.05, 3.63) is 17.7 Å². The van der Waals surface area contributed by atoms with Gasteiger partial charge >= 0.3 is 0 Å². The van der Waals surface area contributed by atoms with Crippen molar-refractivity contribution < 1.29 is 4.79 Å². The Hall–Kier alpha value is -1.12. The van der Waals surface area contributed by atoms with Gasteiger partial charge in [-0.25, -0.2) is 4.98 Å². The molecular formula is C14H18N2O. The number of carbonyl (C=O) groups excluding carboxylic acids is 1. The van der Waals surface area contributed by atoms with Crippen molar-refractivity contribution in [3.63, 3.8) is 0 Å². The summed E-state index contributed by atoms with van der Waals surface area (Å²) in [5.74, 6) is 3.30. The molecule has 0 radical (unpaired) electrons. The molecule has 3 nitrogen and oxygen atoms in total. The summed E-state index contributed by atoms with van der Waals surface area (Å²) in [5, 5.41) is 0. The van der Waals surface area contributed by atoms with E-state index in [0.717, 1.165) is 24.0 Å². The van der Waals surface area contributed by atoms with Gasteiger partial charge in [-0.15, -0.1) is 0 Å². The zero-order valence-electron chi connectivity index (χ0n) is 9.98. The molecule has 0 aliphatic heterocycles.